The molecule has 5 rings (SSSR count). The molecule has 1 saturated carbocycles. The van der Waals surface area contributed by atoms with E-state index in [1.165, 1.54) is 36.0 Å². The van der Waals surface area contributed by atoms with Gasteiger partial charge in [0.2, 0.25) is 0 Å². The monoisotopic (exact) mass is 433 g/mol. The maximum absolute atomic E-state index is 12.5. The molecule has 2 aliphatic heterocycles. The van der Waals surface area contributed by atoms with Gasteiger partial charge in [-0.15, -0.1) is 0 Å². The minimum absolute atomic E-state index is 0.145. The number of piperazine rings is 1. The highest BCUT2D eigenvalue weighted by Crippen LogP contribution is 2.37. The van der Waals surface area contributed by atoms with Crippen LogP contribution in [0.25, 0.3) is 11.1 Å². The summed E-state index contributed by atoms with van der Waals surface area (Å²) in [5, 5.41) is 0. The highest BCUT2D eigenvalue weighted by molar-refractivity contribution is 5.71. The number of hydrogen-bond acceptors (Lipinski definition) is 4. The molecule has 0 atom stereocenters. The van der Waals surface area contributed by atoms with Gasteiger partial charge in [-0.2, -0.15) is 0 Å². The largest absolute Gasteiger partial charge is 0.441 e. The van der Waals surface area contributed by atoms with E-state index < -0.39 is 0 Å². The number of benzene rings is 2. The maximum Gasteiger partial charge on any atom is 0.410 e. The smallest absolute Gasteiger partial charge is 0.410 e. The van der Waals surface area contributed by atoms with Crippen molar-refractivity contribution in [3.63, 3.8) is 0 Å². The van der Waals surface area contributed by atoms with Crippen molar-refractivity contribution < 1.29 is 9.53 Å². The van der Waals surface area contributed by atoms with Crippen molar-refractivity contribution in [1.29, 1.82) is 0 Å². The molecule has 32 heavy (non-hydrogen) atoms. The van der Waals surface area contributed by atoms with Gasteiger partial charge in [0.25, 0.3) is 0 Å². The van der Waals surface area contributed by atoms with Gasteiger partial charge in [-0.25, -0.2) is 4.79 Å². The molecular formula is C27H35N3O2. The number of ether oxygens (including phenoxy) is 1. The molecule has 0 N–H and O–H groups in total. The molecule has 5 heteroatoms. The van der Waals surface area contributed by atoms with Crippen molar-refractivity contribution in [2.45, 2.75) is 50.8 Å². The summed E-state index contributed by atoms with van der Waals surface area (Å²) >= 11 is 0. The zero-order valence-electron chi connectivity index (χ0n) is 19.3. The predicted molar refractivity (Wildman–Crippen MR) is 127 cm³/mol. The van der Waals surface area contributed by atoms with Gasteiger partial charge in [0.1, 0.15) is 5.60 Å². The van der Waals surface area contributed by atoms with E-state index in [-0.39, 0.29) is 11.7 Å². The SMILES string of the molecule is CN1CCN(Cc2ccccc2-c2ccc(CN3CC4(CCCCC4)OC3=O)cc2)CC1. The molecular weight excluding hydrogens is 398 g/mol. The summed E-state index contributed by atoms with van der Waals surface area (Å²) in [7, 11) is 2.20. The second-order valence-corrected chi connectivity index (χ2v) is 9.90. The summed E-state index contributed by atoms with van der Waals surface area (Å²) < 4.78 is 5.84. The first-order chi connectivity index (χ1) is 15.6. The molecule has 5 nitrogen and oxygen atoms in total. The molecule has 2 aromatic rings. The standard InChI is InChI=1S/C27H35N3O2/c1-28-15-17-29(18-16-28)20-24-7-3-4-8-25(24)23-11-9-22(10-12-23)19-30-21-27(32-26(30)31)13-5-2-6-14-27/h3-4,7-12H,2,5-6,13-21H2,1H3. The van der Waals surface area contributed by atoms with Gasteiger partial charge in [0, 0.05) is 39.3 Å². The number of nitrogens with zero attached hydrogens (tertiary/aromatic N) is 3. The van der Waals surface area contributed by atoms with Crippen LogP contribution < -0.4 is 0 Å². The lowest BCUT2D eigenvalue weighted by molar-refractivity contribution is 0.0260. The van der Waals surface area contributed by atoms with E-state index in [1.54, 1.807) is 0 Å². The number of rotatable bonds is 5. The first-order valence-electron chi connectivity index (χ1n) is 12.2. The van der Waals surface area contributed by atoms with E-state index in [0.717, 1.165) is 57.7 Å². The first kappa shape index (κ1) is 21.5. The average Bonchev–Trinajstić information content (AvgIpc) is 3.10. The van der Waals surface area contributed by atoms with E-state index in [0.29, 0.717) is 6.54 Å². The van der Waals surface area contributed by atoms with Crippen molar-refractivity contribution in [1.82, 2.24) is 14.7 Å². The molecule has 2 aromatic carbocycles. The van der Waals surface area contributed by atoms with Gasteiger partial charge >= 0.3 is 6.09 Å². The Morgan fingerprint density at radius 1 is 0.875 bits per heavy atom. The Morgan fingerprint density at radius 2 is 1.59 bits per heavy atom. The van der Waals surface area contributed by atoms with E-state index in [1.807, 2.05) is 4.90 Å². The Morgan fingerprint density at radius 3 is 2.34 bits per heavy atom. The quantitative estimate of drug-likeness (QED) is 0.681. The molecule has 3 fully saturated rings. The maximum atomic E-state index is 12.5. The van der Waals surface area contributed by atoms with Gasteiger partial charge in [0.05, 0.1) is 6.54 Å². The third-order valence-electron chi connectivity index (χ3n) is 7.45. The Kier molecular flexibility index (Phi) is 6.20. The number of likely N-dealkylation sites (N-methyl/N-ethyl adjacent to an activating group) is 1. The van der Waals surface area contributed by atoms with Crippen LogP contribution in [-0.4, -0.2) is 66.2 Å². The van der Waals surface area contributed by atoms with Gasteiger partial charge in [-0.05, 0) is 55.0 Å². The van der Waals surface area contributed by atoms with E-state index in [4.69, 9.17) is 4.74 Å². The van der Waals surface area contributed by atoms with Gasteiger partial charge in [-0.1, -0.05) is 55.0 Å². The average molecular weight is 434 g/mol. The van der Waals surface area contributed by atoms with Crippen LogP contribution in [0.3, 0.4) is 0 Å². The highest BCUT2D eigenvalue weighted by atomic mass is 16.6. The lowest BCUT2D eigenvalue weighted by Gasteiger charge is -2.32. The van der Waals surface area contributed by atoms with Crippen molar-refractivity contribution >= 4 is 6.09 Å². The molecule has 0 radical (unpaired) electrons. The molecule has 1 spiro atoms. The number of amides is 1. The molecule has 2 heterocycles. The third-order valence-corrected chi connectivity index (χ3v) is 7.45. The van der Waals surface area contributed by atoms with E-state index in [9.17, 15) is 4.79 Å². The molecule has 1 aliphatic carbocycles. The zero-order chi connectivity index (χ0) is 22.0. The van der Waals surface area contributed by atoms with E-state index >= 15 is 0 Å². The second-order valence-electron chi connectivity index (χ2n) is 9.90. The molecule has 3 aliphatic rings. The van der Waals surface area contributed by atoms with Crippen LogP contribution in [-0.2, 0) is 17.8 Å². The normalized spacial score (nSPS) is 21.8. The minimum atomic E-state index is -0.225. The predicted octanol–water partition coefficient (Wildman–Crippen LogP) is 4.76. The summed E-state index contributed by atoms with van der Waals surface area (Å²) in [4.78, 5) is 19.3. The Balaban J connectivity index is 1.26. The van der Waals surface area contributed by atoms with Crippen LogP contribution in [0.2, 0.25) is 0 Å². The molecule has 0 aromatic heterocycles. The van der Waals surface area contributed by atoms with Crippen molar-refractivity contribution in [3.05, 3.63) is 59.7 Å². The van der Waals surface area contributed by atoms with Crippen LogP contribution >= 0.6 is 0 Å². The number of carbonyl (C=O) groups is 1. The Bertz CT molecular complexity index is 928. The fraction of sp³-hybridized carbons (Fsp3) is 0.519. The fourth-order valence-electron chi connectivity index (χ4n) is 5.47. The van der Waals surface area contributed by atoms with Gasteiger partial charge in [0.15, 0.2) is 0 Å². The van der Waals surface area contributed by atoms with Gasteiger partial charge < -0.3 is 9.64 Å². The van der Waals surface area contributed by atoms with Crippen LogP contribution in [0.15, 0.2) is 48.5 Å². The zero-order valence-corrected chi connectivity index (χ0v) is 19.3. The molecule has 170 valence electrons. The van der Waals surface area contributed by atoms with Gasteiger partial charge in [-0.3, -0.25) is 9.80 Å². The van der Waals surface area contributed by atoms with Crippen molar-refractivity contribution in [3.8, 4) is 11.1 Å². The summed E-state index contributed by atoms with van der Waals surface area (Å²) in [5.74, 6) is 0. The first-order valence-corrected chi connectivity index (χ1v) is 12.2. The number of carbonyl (C=O) groups excluding carboxylic acids is 1. The second kappa shape index (κ2) is 9.24. The summed E-state index contributed by atoms with van der Waals surface area (Å²) in [6.07, 6.45) is 5.48. The number of hydrogen-bond donors (Lipinski definition) is 0. The van der Waals surface area contributed by atoms with Crippen LogP contribution in [0, 0.1) is 0 Å². The lowest BCUT2D eigenvalue weighted by atomic mass is 9.85. The molecule has 0 bridgehead atoms. The molecule has 1 amide bonds. The molecule has 0 unspecified atom stereocenters. The van der Waals surface area contributed by atoms with Crippen LogP contribution in [0.5, 0.6) is 0 Å². The van der Waals surface area contributed by atoms with Crippen molar-refractivity contribution in [2.75, 3.05) is 39.8 Å². The van der Waals surface area contributed by atoms with Crippen LogP contribution in [0.4, 0.5) is 4.79 Å². The van der Waals surface area contributed by atoms with E-state index in [2.05, 4.69) is 65.4 Å². The Hall–Kier alpha value is -2.37. The fourth-order valence-corrected chi connectivity index (χ4v) is 5.47. The van der Waals surface area contributed by atoms with Crippen molar-refractivity contribution in [2.24, 2.45) is 0 Å². The Labute approximate surface area is 191 Å². The summed E-state index contributed by atoms with van der Waals surface area (Å²) in [5.41, 5.74) is 4.87. The third kappa shape index (κ3) is 4.69. The molecule has 2 saturated heterocycles. The summed E-state index contributed by atoms with van der Waals surface area (Å²) in [6, 6.07) is 17.5. The topological polar surface area (TPSA) is 36.0 Å². The lowest BCUT2D eigenvalue weighted by Crippen LogP contribution is -2.43. The summed E-state index contributed by atoms with van der Waals surface area (Å²) in [6.45, 7) is 6.88. The van der Waals surface area contributed by atoms with Crippen LogP contribution in [0.1, 0.15) is 43.2 Å². The minimum Gasteiger partial charge on any atom is -0.441 e. The highest BCUT2D eigenvalue weighted by Gasteiger charge is 2.45.